The molecular formula is C11H19N3O2. The van der Waals surface area contributed by atoms with Crippen molar-refractivity contribution < 1.29 is 9.59 Å². The van der Waals surface area contributed by atoms with Crippen molar-refractivity contribution in [1.82, 2.24) is 10.2 Å². The molecule has 0 bridgehead atoms. The zero-order valence-corrected chi connectivity index (χ0v) is 9.61. The first-order chi connectivity index (χ1) is 7.61. The van der Waals surface area contributed by atoms with E-state index in [0.29, 0.717) is 25.4 Å². The average Bonchev–Trinajstić information content (AvgIpc) is 2.83. The Morgan fingerprint density at radius 1 is 1.62 bits per heavy atom. The Balaban J connectivity index is 1.97. The first kappa shape index (κ1) is 11.4. The number of hydrogen-bond donors (Lipinski definition) is 2. The number of hydrogen-bond acceptors (Lipinski definition) is 3. The Morgan fingerprint density at radius 2 is 2.38 bits per heavy atom. The fraction of sp³-hybridized carbons (Fsp3) is 0.818. The summed E-state index contributed by atoms with van der Waals surface area (Å²) in [5.41, 5.74) is 5.63. The van der Waals surface area contributed by atoms with Crippen molar-refractivity contribution in [2.24, 2.45) is 17.6 Å². The van der Waals surface area contributed by atoms with Gasteiger partial charge in [-0.25, -0.2) is 0 Å². The molecule has 90 valence electrons. The lowest BCUT2D eigenvalue weighted by molar-refractivity contribution is -0.136. The number of carbonyl (C=O) groups is 2. The summed E-state index contributed by atoms with van der Waals surface area (Å²) >= 11 is 0. The predicted molar refractivity (Wildman–Crippen MR) is 59.5 cm³/mol. The van der Waals surface area contributed by atoms with Crippen molar-refractivity contribution in [2.45, 2.75) is 25.8 Å². The second-order valence-corrected chi connectivity index (χ2v) is 4.88. The van der Waals surface area contributed by atoms with E-state index in [-0.39, 0.29) is 23.8 Å². The molecule has 0 aliphatic carbocycles. The Hall–Kier alpha value is -1.10. The standard InChI is InChI=1S/C11H19N3O2/c1-7-2-8(4-12)6-14(7)11(16)9-3-10(15)13-5-9/h7-9H,2-6,12H2,1H3,(H,13,15). The Kier molecular flexibility index (Phi) is 3.14. The van der Waals surface area contributed by atoms with Gasteiger partial charge < -0.3 is 16.0 Å². The van der Waals surface area contributed by atoms with E-state index in [9.17, 15) is 9.59 Å². The van der Waals surface area contributed by atoms with E-state index in [1.165, 1.54) is 0 Å². The third kappa shape index (κ3) is 2.04. The second kappa shape index (κ2) is 4.41. The lowest BCUT2D eigenvalue weighted by Crippen LogP contribution is -2.39. The van der Waals surface area contributed by atoms with Crippen LogP contribution in [0, 0.1) is 11.8 Å². The van der Waals surface area contributed by atoms with E-state index in [4.69, 9.17) is 5.73 Å². The van der Waals surface area contributed by atoms with Crippen LogP contribution in [0.1, 0.15) is 19.8 Å². The predicted octanol–water partition coefficient (Wildman–Crippen LogP) is -0.682. The molecule has 0 radical (unpaired) electrons. The zero-order valence-electron chi connectivity index (χ0n) is 9.61. The molecule has 0 aromatic rings. The smallest absolute Gasteiger partial charge is 0.228 e. The molecule has 0 spiro atoms. The molecule has 3 atom stereocenters. The molecule has 5 nitrogen and oxygen atoms in total. The first-order valence-corrected chi connectivity index (χ1v) is 5.89. The van der Waals surface area contributed by atoms with Crippen LogP contribution in [0.5, 0.6) is 0 Å². The lowest BCUT2D eigenvalue weighted by atomic mass is 10.1. The zero-order chi connectivity index (χ0) is 11.7. The summed E-state index contributed by atoms with van der Waals surface area (Å²) in [7, 11) is 0. The largest absolute Gasteiger partial charge is 0.355 e. The van der Waals surface area contributed by atoms with Crippen LogP contribution in [-0.2, 0) is 9.59 Å². The molecule has 5 heteroatoms. The van der Waals surface area contributed by atoms with Gasteiger partial charge in [-0.05, 0) is 25.8 Å². The normalized spacial score (nSPS) is 34.2. The van der Waals surface area contributed by atoms with E-state index in [2.05, 4.69) is 12.2 Å². The summed E-state index contributed by atoms with van der Waals surface area (Å²) in [6, 6.07) is 0.261. The van der Waals surface area contributed by atoms with Crippen LogP contribution in [-0.4, -0.2) is 42.4 Å². The Morgan fingerprint density at radius 3 is 2.88 bits per heavy atom. The monoisotopic (exact) mass is 225 g/mol. The van der Waals surface area contributed by atoms with Gasteiger partial charge in [0.2, 0.25) is 11.8 Å². The summed E-state index contributed by atoms with van der Waals surface area (Å²) in [6.45, 7) is 3.93. The van der Waals surface area contributed by atoms with Gasteiger partial charge in [0.1, 0.15) is 0 Å². The Bertz CT molecular complexity index is 306. The highest BCUT2D eigenvalue weighted by molar-refractivity contribution is 5.89. The van der Waals surface area contributed by atoms with E-state index < -0.39 is 0 Å². The minimum Gasteiger partial charge on any atom is -0.355 e. The van der Waals surface area contributed by atoms with E-state index in [1.807, 2.05) is 4.90 Å². The van der Waals surface area contributed by atoms with Crippen LogP contribution in [0.2, 0.25) is 0 Å². The summed E-state index contributed by atoms with van der Waals surface area (Å²) in [5, 5.41) is 2.70. The van der Waals surface area contributed by atoms with Crippen LogP contribution < -0.4 is 11.1 Å². The van der Waals surface area contributed by atoms with Crippen LogP contribution in [0.4, 0.5) is 0 Å². The van der Waals surface area contributed by atoms with E-state index in [0.717, 1.165) is 13.0 Å². The number of nitrogens with two attached hydrogens (primary N) is 1. The van der Waals surface area contributed by atoms with Gasteiger partial charge in [-0.15, -0.1) is 0 Å². The fourth-order valence-corrected chi connectivity index (χ4v) is 2.63. The van der Waals surface area contributed by atoms with Gasteiger partial charge in [0.15, 0.2) is 0 Å². The minimum atomic E-state index is -0.161. The van der Waals surface area contributed by atoms with Crippen LogP contribution in [0.25, 0.3) is 0 Å². The van der Waals surface area contributed by atoms with Crippen LogP contribution >= 0.6 is 0 Å². The third-order valence-electron chi connectivity index (χ3n) is 3.60. The fourth-order valence-electron chi connectivity index (χ4n) is 2.63. The van der Waals surface area contributed by atoms with Crippen LogP contribution in [0.15, 0.2) is 0 Å². The molecular weight excluding hydrogens is 206 g/mol. The quantitative estimate of drug-likeness (QED) is 0.653. The van der Waals surface area contributed by atoms with Gasteiger partial charge in [-0.3, -0.25) is 9.59 Å². The number of amides is 2. The summed E-state index contributed by atoms with van der Waals surface area (Å²) < 4.78 is 0. The van der Waals surface area contributed by atoms with Crippen molar-refractivity contribution >= 4 is 11.8 Å². The molecule has 2 saturated heterocycles. The molecule has 0 aromatic carbocycles. The first-order valence-electron chi connectivity index (χ1n) is 5.89. The van der Waals surface area contributed by atoms with Crippen molar-refractivity contribution in [2.75, 3.05) is 19.6 Å². The van der Waals surface area contributed by atoms with Gasteiger partial charge in [-0.2, -0.15) is 0 Å². The Labute approximate surface area is 95.3 Å². The maximum absolute atomic E-state index is 12.2. The molecule has 3 unspecified atom stereocenters. The van der Waals surface area contributed by atoms with Crippen LogP contribution in [0.3, 0.4) is 0 Å². The summed E-state index contributed by atoms with van der Waals surface area (Å²) in [4.78, 5) is 25.1. The van der Waals surface area contributed by atoms with Gasteiger partial charge >= 0.3 is 0 Å². The van der Waals surface area contributed by atoms with Crippen molar-refractivity contribution in [1.29, 1.82) is 0 Å². The molecule has 2 amide bonds. The molecule has 2 rings (SSSR count). The number of rotatable bonds is 2. The average molecular weight is 225 g/mol. The van der Waals surface area contributed by atoms with Gasteiger partial charge in [0.05, 0.1) is 5.92 Å². The lowest BCUT2D eigenvalue weighted by Gasteiger charge is -2.24. The highest BCUT2D eigenvalue weighted by atomic mass is 16.2. The topological polar surface area (TPSA) is 75.4 Å². The molecule has 3 N–H and O–H groups in total. The molecule has 2 fully saturated rings. The number of nitrogens with one attached hydrogen (secondary N) is 1. The van der Waals surface area contributed by atoms with Gasteiger partial charge in [-0.1, -0.05) is 0 Å². The molecule has 2 aliphatic heterocycles. The molecule has 0 saturated carbocycles. The van der Waals surface area contributed by atoms with Crippen molar-refractivity contribution in [3.8, 4) is 0 Å². The maximum Gasteiger partial charge on any atom is 0.228 e. The maximum atomic E-state index is 12.2. The SMILES string of the molecule is CC1CC(CN)CN1C(=O)C1CNC(=O)C1. The third-order valence-corrected chi connectivity index (χ3v) is 3.60. The molecule has 2 aliphatic rings. The number of likely N-dealkylation sites (tertiary alicyclic amines) is 1. The van der Waals surface area contributed by atoms with E-state index >= 15 is 0 Å². The number of nitrogens with zero attached hydrogens (tertiary/aromatic N) is 1. The molecule has 0 aromatic heterocycles. The molecule has 16 heavy (non-hydrogen) atoms. The minimum absolute atomic E-state index is 0.0134. The van der Waals surface area contributed by atoms with Crippen molar-refractivity contribution in [3.63, 3.8) is 0 Å². The second-order valence-electron chi connectivity index (χ2n) is 4.88. The van der Waals surface area contributed by atoms with E-state index in [1.54, 1.807) is 0 Å². The summed E-state index contributed by atoms with van der Waals surface area (Å²) in [5.74, 6) is 0.359. The highest BCUT2D eigenvalue weighted by Gasteiger charge is 2.37. The van der Waals surface area contributed by atoms with Crippen molar-refractivity contribution in [3.05, 3.63) is 0 Å². The highest BCUT2D eigenvalue weighted by Crippen LogP contribution is 2.25. The van der Waals surface area contributed by atoms with Gasteiger partial charge in [0, 0.05) is 25.6 Å². The summed E-state index contributed by atoms with van der Waals surface area (Å²) in [6.07, 6.45) is 1.33. The number of carbonyl (C=O) groups excluding carboxylic acids is 2. The molecule has 2 heterocycles. The van der Waals surface area contributed by atoms with Gasteiger partial charge in [0.25, 0.3) is 0 Å².